The Bertz CT molecular complexity index is 388. The molecule has 17 heavy (non-hydrogen) atoms. The Labute approximate surface area is 103 Å². The van der Waals surface area contributed by atoms with Gasteiger partial charge in [-0.25, -0.2) is 4.79 Å². The summed E-state index contributed by atoms with van der Waals surface area (Å²) in [6, 6.07) is 5.81. The molecule has 4 heteroatoms. The fraction of sp³-hybridized carbons (Fsp3) is 0.462. The van der Waals surface area contributed by atoms with Crippen LogP contribution in [0.5, 0.6) is 0 Å². The minimum atomic E-state index is -0.154. The molecule has 0 fully saturated rings. The number of amides is 2. The van der Waals surface area contributed by atoms with Crippen LogP contribution >= 0.6 is 0 Å². The Balaban J connectivity index is 2.45. The molecule has 0 saturated carbocycles. The number of benzene rings is 1. The molecule has 0 aliphatic carbocycles. The maximum absolute atomic E-state index is 11.6. The number of likely N-dealkylation sites (N-methyl/N-ethyl adjacent to an activating group) is 1. The summed E-state index contributed by atoms with van der Waals surface area (Å²) in [6.45, 7) is 5.50. The molecule has 0 radical (unpaired) electrons. The molecule has 1 rings (SSSR count). The molecule has 0 saturated heterocycles. The Morgan fingerprint density at radius 2 is 2.00 bits per heavy atom. The number of anilines is 1. The number of nitrogens with one attached hydrogen (secondary N) is 2. The van der Waals surface area contributed by atoms with Gasteiger partial charge in [0.05, 0.1) is 0 Å². The zero-order chi connectivity index (χ0) is 12.8. The van der Waals surface area contributed by atoms with Crippen molar-refractivity contribution in [3.8, 4) is 0 Å². The van der Waals surface area contributed by atoms with Crippen LogP contribution in [0.25, 0.3) is 0 Å². The Morgan fingerprint density at radius 1 is 1.29 bits per heavy atom. The first kappa shape index (κ1) is 13.5. The number of nitrogens with zero attached hydrogens (tertiary/aromatic N) is 1. The highest BCUT2D eigenvalue weighted by Crippen LogP contribution is 2.15. The SMILES string of the molecule is Cc1ccc(NC(=O)NCCN(C)C)c(C)c1. The van der Waals surface area contributed by atoms with Crippen LogP contribution in [0.3, 0.4) is 0 Å². The molecule has 0 aliphatic rings. The summed E-state index contributed by atoms with van der Waals surface area (Å²) in [5.41, 5.74) is 3.13. The minimum absolute atomic E-state index is 0.154. The predicted octanol–water partition coefficient (Wildman–Crippen LogP) is 1.99. The van der Waals surface area contributed by atoms with Crippen LogP contribution in [-0.4, -0.2) is 38.1 Å². The number of rotatable bonds is 4. The summed E-state index contributed by atoms with van der Waals surface area (Å²) in [6.07, 6.45) is 0. The molecule has 0 atom stereocenters. The van der Waals surface area contributed by atoms with Gasteiger partial charge in [-0.05, 0) is 39.6 Å². The molecule has 1 aromatic carbocycles. The van der Waals surface area contributed by atoms with Crippen molar-refractivity contribution < 1.29 is 4.79 Å². The number of aryl methyl sites for hydroxylation is 2. The third kappa shape index (κ3) is 4.87. The molecule has 0 spiro atoms. The molecule has 2 amide bonds. The zero-order valence-corrected chi connectivity index (χ0v) is 11.0. The Hall–Kier alpha value is -1.55. The van der Waals surface area contributed by atoms with Gasteiger partial charge in [-0.1, -0.05) is 17.7 Å². The second-order valence-corrected chi connectivity index (χ2v) is 4.50. The van der Waals surface area contributed by atoms with Crippen molar-refractivity contribution in [3.63, 3.8) is 0 Å². The van der Waals surface area contributed by atoms with Crippen molar-refractivity contribution in [3.05, 3.63) is 29.3 Å². The number of carbonyl (C=O) groups is 1. The van der Waals surface area contributed by atoms with Crippen molar-refractivity contribution in [1.29, 1.82) is 0 Å². The van der Waals surface area contributed by atoms with Crippen molar-refractivity contribution in [2.45, 2.75) is 13.8 Å². The molecule has 1 aromatic rings. The van der Waals surface area contributed by atoms with Gasteiger partial charge in [-0.15, -0.1) is 0 Å². The van der Waals surface area contributed by atoms with Crippen molar-refractivity contribution in [1.82, 2.24) is 10.2 Å². The third-order valence-corrected chi connectivity index (χ3v) is 2.47. The van der Waals surface area contributed by atoms with Gasteiger partial charge in [0.1, 0.15) is 0 Å². The van der Waals surface area contributed by atoms with E-state index in [1.807, 2.05) is 45.0 Å². The van der Waals surface area contributed by atoms with Gasteiger partial charge in [-0.2, -0.15) is 0 Å². The monoisotopic (exact) mass is 235 g/mol. The first-order valence-electron chi connectivity index (χ1n) is 5.76. The molecule has 2 N–H and O–H groups in total. The summed E-state index contributed by atoms with van der Waals surface area (Å²) >= 11 is 0. The van der Waals surface area contributed by atoms with Crippen LogP contribution in [-0.2, 0) is 0 Å². The van der Waals surface area contributed by atoms with Crippen molar-refractivity contribution in [2.75, 3.05) is 32.5 Å². The lowest BCUT2D eigenvalue weighted by Gasteiger charge is -2.12. The van der Waals surface area contributed by atoms with Crippen LogP contribution in [0.2, 0.25) is 0 Å². The standard InChI is InChI=1S/C13H21N3O/c1-10-5-6-12(11(2)9-10)15-13(17)14-7-8-16(3)4/h5-6,9H,7-8H2,1-4H3,(H2,14,15,17). The van der Waals surface area contributed by atoms with Gasteiger partial charge in [-0.3, -0.25) is 0 Å². The second-order valence-electron chi connectivity index (χ2n) is 4.50. The number of carbonyl (C=O) groups excluding carboxylic acids is 1. The molecule has 0 bridgehead atoms. The van der Waals surface area contributed by atoms with E-state index in [0.29, 0.717) is 6.54 Å². The molecule has 4 nitrogen and oxygen atoms in total. The predicted molar refractivity (Wildman–Crippen MR) is 71.5 cm³/mol. The van der Waals surface area contributed by atoms with Gasteiger partial charge < -0.3 is 15.5 Å². The average molecular weight is 235 g/mol. The lowest BCUT2D eigenvalue weighted by molar-refractivity contribution is 0.250. The van der Waals surface area contributed by atoms with Crippen molar-refractivity contribution >= 4 is 11.7 Å². The van der Waals surface area contributed by atoms with Crippen LogP contribution in [0.15, 0.2) is 18.2 Å². The second kappa shape index (κ2) is 6.25. The number of hydrogen-bond donors (Lipinski definition) is 2. The average Bonchev–Trinajstić information content (AvgIpc) is 2.21. The maximum atomic E-state index is 11.6. The van der Waals surface area contributed by atoms with Crippen LogP contribution < -0.4 is 10.6 Å². The van der Waals surface area contributed by atoms with E-state index in [1.165, 1.54) is 5.56 Å². The largest absolute Gasteiger partial charge is 0.337 e. The first-order chi connectivity index (χ1) is 7.99. The fourth-order valence-corrected chi connectivity index (χ4v) is 1.51. The molecule has 94 valence electrons. The molecular weight excluding hydrogens is 214 g/mol. The van der Waals surface area contributed by atoms with Crippen LogP contribution in [0.4, 0.5) is 10.5 Å². The van der Waals surface area contributed by atoms with E-state index in [-0.39, 0.29) is 6.03 Å². The molecule has 0 aliphatic heterocycles. The quantitative estimate of drug-likeness (QED) is 0.838. The normalized spacial score (nSPS) is 10.4. The number of hydrogen-bond acceptors (Lipinski definition) is 2. The highest BCUT2D eigenvalue weighted by molar-refractivity contribution is 5.90. The fourth-order valence-electron chi connectivity index (χ4n) is 1.51. The van der Waals surface area contributed by atoms with E-state index in [0.717, 1.165) is 17.8 Å². The maximum Gasteiger partial charge on any atom is 0.319 e. The van der Waals surface area contributed by atoms with E-state index in [4.69, 9.17) is 0 Å². The molecular formula is C13H21N3O. The van der Waals surface area contributed by atoms with Crippen LogP contribution in [0.1, 0.15) is 11.1 Å². The van der Waals surface area contributed by atoms with E-state index in [1.54, 1.807) is 0 Å². The number of urea groups is 1. The summed E-state index contributed by atoms with van der Waals surface area (Å²) in [5, 5.41) is 5.66. The summed E-state index contributed by atoms with van der Waals surface area (Å²) in [4.78, 5) is 13.6. The van der Waals surface area contributed by atoms with Gasteiger partial charge in [0.25, 0.3) is 0 Å². The molecule has 0 unspecified atom stereocenters. The molecule has 0 aromatic heterocycles. The van der Waals surface area contributed by atoms with Gasteiger partial charge in [0.2, 0.25) is 0 Å². The van der Waals surface area contributed by atoms with E-state index in [9.17, 15) is 4.79 Å². The lowest BCUT2D eigenvalue weighted by atomic mass is 10.1. The first-order valence-corrected chi connectivity index (χ1v) is 5.76. The smallest absolute Gasteiger partial charge is 0.319 e. The minimum Gasteiger partial charge on any atom is -0.337 e. The van der Waals surface area contributed by atoms with E-state index < -0.39 is 0 Å². The highest BCUT2D eigenvalue weighted by Gasteiger charge is 2.03. The van der Waals surface area contributed by atoms with Gasteiger partial charge >= 0.3 is 6.03 Å². The summed E-state index contributed by atoms with van der Waals surface area (Å²) < 4.78 is 0. The Morgan fingerprint density at radius 3 is 2.59 bits per heavy atom. The van der Waals surface area contributed by atoms with Crippen LogP contribution in [0, 0.1) is 13.8 Å². The van der Waals surface area contributed by atoms with Gasteiger partial charge in [0.15, 0.2) is 0 Å². The topological polar surface area (TPSA) is 44.4 Å². The third-order valence-electron chi connectivity index (χ3n) is 2.47. The lowest BCUT2D eigenvalue weighted by Crippen LogP contribution is -2.34. The van der Waals surface area contributed by atoms with E-state index >= 15 is 0 Å². The van der Waals surface area contributed by atoms with Gasteiger partial charge in [0, 0.05) is 18.8 Å². The zero-order valence-electron chi connectivity index (χ0n) is 11.0. The summed E-state index contributed by atoms with van der Waals surface area (Å²) in [7, 11) is 3.95. The van der Waals surface area contributed by atoms with Crippen molar-refractivity contribution in [2.24, 2.45) is 0 Å². The van der Waals surface area contributed by atoms with E-state index in [2.05, 4.69) is 16.7 Å². The molecule has 0 heterocycles. The Kier molecular flexibility index (Phi) is 4.97. The highest BCUT2D eigenvalue weighted by atomic mass is 16.2. The summed E-state index contributed by atoms with van der Waals surface area (Å²) in [5.74, 6) is 0.